The lowest BCUT2D eigenvalue weighted by molar-refractivity contribution is 0.565. The summed E-state index contributed by atoms with van der Waals surface area (Å²) in [6.45, 7) is 5.11. The standard InChI is InChI=1S/C14H18N2O2S2/c1-3-15-11(2)10-12-4-6-13(7-5-12)20(17,18)14-16-8-9-19-14/h4-9,11,15H,3,10H2,1-2H3. The van der Waals surface area contributed by atoms with Crippen molar-refractivity contribution in [3.8, 4) is 0 Å². The highest BCUT2D eigenvalue weighted by molar-refractivity contribution is 7.93. The van der Waals surface area contributed by atoms with E-state index in [-0.39, 0.29) is 4.34 Å². The molecule has 0 radical (unpaired) electrons. The van der Waals surface area contributed by atoms with Crippen LogP contribution in [0.15, 0.2) is 45.1 Å². The summed E-state index contributed by atoms with van der Waals surface area (Å²) in [5.74, 6) is 0. The quantitative estimate of drug-likeness (QED) is 0.890. The first-order valence-electron chi connectivity index (χ1n) is 6.51. The Hall–Kier alpha value is -1.24. The summed E-state index contributed by atoms with van der Waals surface area (Å²) in [7, 11) is -3.46. The summed E-state index contributed by atoms with van der Waals surface area (Å²) in [5, 5.41) is 5.00. The van der Waals surface area contributed by atoms with Gasteiger partial charge in [-0.05, 0) is 37.6 Å². The first-order chi connectivity index (χ1) is 9.54. The summed E-state index contributed by atoms with van der Waals surface area (Å²) >= 11 is 1.14. The van der Waals surface area contributed by atoms with Crippen LogP contribution in [0.25, 0.3) is 0 Å². The number of benzene rings is 1. The van der Waals surface area contributed by atoms with Gasteiger partial charge in [-0.2, -0.15) is 0 Å². The minimum absolute atomic E-state index is 0.145. The number of thiazole rings is 1. The third kappa shape index (κ3) is 3.45. The molecule has 4 nitrogen and oxygen atoms in total. The second-order valence-electron chi connectivity index (χ2n) is 4.61. The second kappa shape index (κ2) is 6.47. The third-order valence-electron chi connectivity index (χ3n) is 2.97. The summed E-state index contributed by atoms with van der Waals surface area (Å²) in [6.07, 6.45) is 2.38. The molecule has 1 aromatic heterocycles. The molecular formula is C14H18N2O2S2. The van der Waals surface area contributed by atoms with Gasteiger partial charge in [0.2, 0.25) is 14.2 Å². The van der Waals surface area contributed by atoms with E-state index in [9.17, 15) is 8.42 Å². The minimum atomic E-state index is -3.46. The molecule has 0 aliphatic carbocycles. The Bertz CT molecular complexity index is 634. The van der Waals surface area contributed by atoms with E-state index in [1.807, 2.05) is 12.1 Å². The number of nitrogens with one attached hydrogen (secondary N) is 1. The van der Waals surface area contributed by atoms with E-state index in [4.69, 9.17) is 0 Å². The zero-order valence-electron chi connectivity index (χ0n) is 11.5. The molecule has 0 aliphatic rings. The van der Waals surface area contributed by atoms with Gasteiger partial charge in [0.1, 0.15) is 0 Å². The molecule has 1 atom stereocenters. The van der Waals surface area contributed by atoms with Gasteiger partial charge in [-0.3, -0.25) is 0 Å². The highest BCUT2D eigenvalue weighted by Crippen LogP contribution is 2.22. The van der Waals surface area contributed by atoms with Crippen LogP contribution in [0.1, 0.15) is 19.4 Å². The molecule has 20 heavy (non-hydrogen) atoms. The highest BCUT2D eigenvalue weighted by atomic mass is 32.2. The number of hydrogen-bond donors (Lipinski definition) is 1. The molecule has 0 fully saturated rings. The molecule has 0 bridgehead atoms. The zero-order chi connectivity index (χ0) is 14.6. The fourth-order valence-electron chi connectivity index (χ4n) is 2.02. The average Bonchev–Trinajstić information content (AvgIpc) is 2.94. The Morgan fingerprint density at radius 3 is 2.55 bits per heavy atom. The number of hydrogen-bond acceptors (Lipinski definition) is 5. The van der Waals surface area contributed by atoms with Gasteiger partial charge < -0.3 is 5.32 Å². The third-order valence-corrected chi connectivity index (χ3v) is 5.94. The number of likely N-dealkylation sites (N-methyl/N-ethyl adjacent to an activating group) is 1. The van der Waals surface area contributed by atoms with Crippen LogP contribution in [-0.2, 0) is 16.3 Å². The highest BCUT2D eigenvalue weighted by Gasteiger charge is 2.20. The summed E-state index contributed by atoms with van der Waals surface area (Å²) in [4.78, 5) is 4.18. The molecule has 1 aromatic carbocycles. The van der Waals surface area contributed by atoms with Crippen molar-refractivity contribution in [2.75, 3.05) is 6.54 Å². The molecule has 1 N–H and O–H groups in total. The van der Waals surface area contributed by atoms with Crippen molar-refractivity contribution in [1.29, 1.82) is 0 Å². The van der Waals surface area contributed by atoms with Crippen LogP contribution < -0.4 is 5.32 Å². The van der Waals surface area contributed by atoms with Gasteiger partial charge in [0, 0.05) is 17.6 Å². The van der Waals surface area contributed by atoms with Gasteiger partial charge >= 0.3 is 0 Å². The van der Waals surface area contributed by atoms with Crippen LogP contribution in [0.5, 0.6) is 0 Å². The fraction of sp³-hybridized carbons (Fsp3) is 0.357. The lowest BCUT2D eigenvalue weighted by Crippen LogP contribution is -2.27. The topological polar surface area (TPSA) is 59.1 Å². The van der Waals surface area contributed by atoms with E-state index < -0.39 is 9.84 Å². The van der Waals surface area contributed by atoms with E-state index in [2.05, 4.69) is 24.1 Å². The molecule has 108 valence electrons. The summed E-state index contributed by atoms with van der Waals surface area (Å²) < 4.78 is 24.7. The first-order valence-corrected chi connectivity index (χ1v) is 8.87. The predicted octanol–water partition coefficient (Wildman–Crippen LogP) is 2.52. The number of aromatic nitrogens is 1. The van der Waals surface area contributed by atoms with Gasteiger partial charge in [-0.15, -0.1) is 11.3 Å². The van der Waals surface area contributed by atoms with Crippen molar-refractivity contribution in [2.24, 2.45) is 0 Å². The predicted molar refractivity (Wildman–Crippen MR) is 80.9 cm³/mol. The lowest BCUT2D eigenvalue weighted by Gasteiger charge is -2.12. The van der Waals surface area contributed by atoms with E-state index >= 15 is 0 Å². The number of nitrogens with zero attached hydrogens (tertiary/aromatic N) is 1. The summed E-state index contributed by atoms with van der Waals surface area (Å²) in [5.41, 5.74) is 1.12. The molecule has 2 rings (SSSR count). The fourth-order valence-corrected chi connectivity index (χ4v) is 4.24. The van der Waals surface area contributed by atoms with Crippen molar-refractivity contribution < 1.29 is 8.42 Å². The van der Waals surface area contributed by atoms with Crippen LogP contribution in [0.4, 0.5) is 0 Å². The first kappa shape index (κ1) is 15.2. The van der Waals surface area contributed by atoms with Crippen molar-refractivity contribution in [3.05, 3.63) is 41.4 Å². The molecule has 1 unspecified atom stereocenters. The Morgan fingerprint density at radius 1 is 1.30 bits per heavy atom. The molecule has 0 saturated carbocycles. The molecule has 0 aliphatic heterocycles. The molecule has 1 heterocycles. The van der Waals surface area contributed by atoms with Gasteiger partial charge in [0.25, 0.3) is 0 Å². The van der Waals surface area contributed by atoms with Gasteiger partial charge in [0.15, 0.2) is 0 Å². The van der Waals surface area contributed by atoms with Crippen LogP contribution in [0, 0.1) is 0 Å². The minimum Gasteiger partial charge on any atom is -0.314 e. The van der Waals surface area contributed by atoms with E-state index in [1.165, 1.54) is 6.20 Å². The van der Waals surface area contributed by atoms with Gasteiger partial charge in [-0.25, -0.2) is 13.4 Å². The molecule has 0 amide bonds. The SMILES string of the molecule is CCNC(C)Cc1ccc(S(=O)(=O)c2nccs2)cc1. The van der Waals surface area contributed by atoms with E-state index in [0.29, 0.717) is 10.9 Å². The number of rotatable bonds is 6. The molecule has 0 saturated heterocycles. The Morgan fingerprint density at radius 2 is 2.00 bits per heavy atom. The van der Waals surface area contributed by atoms with E-state index in [0.717, 1.165) is 29.9 Å². The Kier molecular flexibility index (Phi) is 4.91. The smallest absolute Gasteiger partial charge is 0.233 e. The molecule has 6 heteroatoms. The van der Waals surface area contributed by atoms with Crippen molar-refractivity contribution >= 4 is 21.2 Å². The van der Waals surface area contributed by atoms with E-state index in [1.54, 1.807) is 17.5 Å². The van der Waals surface area contributed by atoms with Crippen molar-refractivity contribution in [3.63, 3.8) is 0 Å². The molecule has 0 spiro atoms. The summed E-state index contributed by atoms with van der Waals surface area (Å²) in [6, 6.07) is 7.43. The van der Waals surface area contributed by atoms with Crippen molar-refractivity contribution in [1.82, 2.24) is 10.3 Å². The van der Waals surface area contributed by atoms with Crippen LogP contribution in [-0.4, -0.2) is 26.0 Å². The molecule has 2 aromatic rings. The Labute approximate surface area is 123 Å². The Balaban J connectivity index is 2.16. The maximum atomic E-state index is 12.3. The number of sulfone groups is 1. The van der Waals surface area contributed by atoms with Crippen molar-refractivity contribution in [2.45, 2.75) is 35.5 Å². The lowest BCUT2D eigenvalue weighted by atomic mass is 10.1. The van der Waals surface area contributed by atoms with Crippen LogP contribution in [0.3, 0.4) is 0 Å². The maximum absolute atomic E-state index is 12.3. The van der Waals surface area contributed by atoms with Crippen LogP contribution >= 0.6 is 11.3 Å². The molecular weight excluding hydrogens is 292 g/mol. The largest absolute Gasteiger partial charge is 0.314 e. The monoisotopic (exact) mass is 310 g/mol. The second-order valence-corrected chi connectivity index (χ2v) is 7.63. The normalized spacial score (nSPS) is 13.3. The maximum Gasteiger partial charge on any atom is 0.233 e. The van der Waals surface area contributed by atoms with Gasteiger partial charge in [-0.1, -0.05) is 19.1 Å². The van der Waals surface area contributed by atoms with Crippen LogP contribution in [0.2, 0.25) is 0 Å². The van der Waals surface area contributed by atoms with Gasteiger partial charge in [0.05, 0.1) is 4.90 Å². The average molecular weight is 310 g/mol. The zero-order valence-corrected chi connectivity index (χ0v) is 13.2.